The molecule has 0 aliphatic carbocycles. The zero-order valence-electron chi connectivity index (χ0n) is 12.5. The van der Waals surface area contributed by atoms with Crippen LogP contribution in [0.1, 0.15) is 18.4 Å². The largest absolute Gasteiger partial charge is 0.353 e. The minimum Gasteiger partial charge on any atom is -0.353 e. The predicted molar refractivity (Wildman–Crippen MR) is 80.4 cm³/mol. The van der Waals surface area contributed by atoms with E-state index < -0.39 is 17.5 Å². The van der Waals surface area contributed by atoms with Crippen molar-refractivity contribution in [3.63, 3.8) is 0 Å². The Labute approximate surface area is 132 Å². The smallest absolute Gasteiger partial charge is 0.194 e. The second-order valence-electron chi connectivity index (χ2n) is 5.51. The second-order valence-corrected chi connectivity index (χ2v) is 5.51. The standard InChI is InChI=1S/C18H17F3O2/c19-15-10-14(11-16(20)18(15)21)13-5-2-12(3-6-13)4-7-17-22-8-1-9-23-17/h2-3,5-6,10-11,17H,1,4,7-9H2. The first kappa shape index (κ1) is 16.0. The Hall–Kier alpha value is -1.85. The fraction of sp³-hybridized carbons (Fsp3) is 0.333. The molecule has 1 aliphatic rings. The molecule has 0 unspecified atom stereocenters. The lowest BCUT2D eigenvalue weighted by Crippen LogP contribution is -2.25. The number of benzene rings is 2. The third-order valence-corrected chi connectivity index (χ3v) is 3.84. The first-order chi connectivity index (χ1) is 11.1. The average Bonchev–Trinajstić information content (AvgIpc) is 2.59. The molecule has 0 spiro atoms. The molecule has 0 amide bonds. The maximum Gasteiger partial charge on any atom is 0.194 e. The minimum absolute atomic E-state index is 0.163. The summed E-state index contributed by atoms with van der Waals surface area (Å²) >= 11 is 0. The van der Waals surface area contributed by atoms with Crippen LogP contribution in [0.2, 0.25) is 0 Å². The van der Waals surface area contributed by atoms with Crippen molar-refractivity contribution in [1.82, 2.24) is 0 Å². The Bertz CT molecular complexity index is 641. The van der Waals surface area contributed by atoms with Gasteiger partial charge in [0.25, 0.3) is 0 Å². The van der Waals surface area contributed by atoms with Crippen LogP contribution in [0.15, 0.2) is 36.4 Å². The zero-order valence-corrected chi connectivity index (χ0v) is 12.5. The molecular weight excluding hydrogens is 305 g/mol. The molecule has 122 valence electrons. The van der Waals surface area contributed by atoms with Crippen molar-refractivity contribution in [2.24, 2.45) is 0 Å². The van der Waals surface area contributed by atoms with Gasteiger partial charge in [-0.1, -0.05) is 24.3 Å². The quantitative estimate of drug-likeness (QED) is 0.774. The molecule has 0 aromatic heterocycles. The topological polar surface area (TPSA) is 18.5 Å². The number of aryl methyl sites for hydroxylation is 1. The van der Waals surface area contributed by atoms with Gasteiger partial charge in [0.15, 0.2) is 23.7 Å². The van der Waals surface area contributed by atoms with E-state index in [1.54, 1.807) is 12.1 Å². The van der Waals surface area contributed by atoms with Gasteiger partial charge >= 0.3 is 0 Å². The summed E-state index contributed by atoms with van der Waals surface area (Å²) < 4.78 is 50.6. The Balaban J connectivity index is 1.67. The molecule has 0 N–H and O–H groups in total. The maximum absolute atomic E-state index is 13.3. The highest BCUT2D eigenvalue weighted by molar-refractivity contribution is 5.63. The van der Waals surface area contributed by atoms with Gasteiger partial charge in [-0.2, -0.15) is 0 Å². The lowest BCUT2D eigenvalue weighted by molar-refractivity contribution is -0.180. The highest BCUT2D eigenvalue weighted by Gasteiger charge is 2.14. The van der Waals surface area contributed by atoms with Crippen LogP contribution in [-0.2, 0) is 15.9 Å². The van der Waals surface area contributed by atoms with Crippen LogP contribution in [0, 0.1) is 17.5 Å². The zero-order chi connectivity index (χ0) is 16.2. The molecule has 1 saturated heterocycles. The van der Waals surface area contributed by atoms with Gasteiger partial charge in [-0.3, -0.25) is 0 Å². The van der Waals surface area contributed by atoms with Gasteiger partial charge in [0.1, 0.15) is 0 Å². The summed E-state index contributed by atoms with van der Waals surface area (Å²) in [5.41, 5.74) is 2.03. The van der Waals surface area contributed by atoms with Crippen molar-refractivity contribution in [3.05, 3.63) is 59.4 Å². The first-order valence-electron chi connectivity index (χ1n) is 7.60. The van der Waals surface area contributed by atoms with E-state index in [-0.39, 0.29) is 6.29 Å². The van der Waals surface area contributed by atoms with E-state index in [9.17, 15) is 13.2 Å². The van der Waals surface area contributed by atoms with Gasteiger partial charge in [0.2, 0.25) is 0 Å². The third kappa shape index (κ3) is 3.92. The molecule has 2 aromatic rings. The first-order valence-corrected chi connectivity index (χ1v) is 7.60. The molecule has 0 atom stereocenters. The van der Waals surface area contributed by atoms with Crippen LogP contribution >= 0.6 is 0 Å². The van der Waals surface area contributed by atoms with E-state index in [0.29, 0.717) is 11.1 Å². The van der Waals surface area contributed by atoms with E-state index in [1.807, 2.05) is 12.1 Å². The number of ether oxygens (including phenoxy) is 2. The van der Waals surface area contributed by atoms with Crippen molar-refractivity contribution in [2.75, 3.05) is 13.2 Å². The molecule has 0 radical (unpaired) electrons. The Morgan fingerprint density at radius 1 is 0.870 bits per heavy atom. The molecular formula is C18H17F3O2. The van der Waals surface area contributed by atoms with E-state index in [1.165, 1.54) is 0 Å². The lowest BCUT2D eigenvalue weighted by atomic mass is 10.0. The van der Waals surface area contributed by atoms with Crippen LogP contribution < -0.4 is 0 Å². The SMILES string of the molecule is Fc1cc(-c2ccc(CCC3OCCCO3)cc2)cc(F)c1F. The summed E-state index contributed by atoms with van der Waals surface area (Å²) in [6, 6.07) is 9.30. The highest BCUT2D eigenvalue weighted by Crippen LogP contribution is 2.24. The van der Waals surface area contributed by atoms with Crippen LogP contribution in [0.3, 0.4) is 0 Å². The van der Waals surface area contributed by atoms with Crippen LogP contribution in [0.25, 0.3) is 11.1 Å². The van der Waals surface area contributed by atoms with Crippen LogP contribution in [-0.4, -0.2) is 19.5 Å². The van der Waals surface area contributed by atoms with Crippen molar-refractivity contribution in [3.8, 4) is 11.1 Å². The van der Waals surface area contributed by atoms with Crippen LogP contribution in [0.4, 0.5) is 13.2 Å². The van der Waals surface area contributed by atoms with Gasteiger partial charge < -0.3 is 9.47 Å². The molecule has 0 bridgehead atoms. The fourth-order valence-electron chi connectivity index (χ4n) is 2.57. The molecule has 1 fully saturated rings. The molecule has 2 nitrogen and oxygen atoms in total. The van der Waals surface area contributed by atoms with Crippen molar-refractivity contribution in [1.29, 1.82) is 0 Å². The molecule has 1 heterocycles. The number of rotatable bonds is 4. The van der Waals surface area contributed by atoms with E-state index >= 15 is 0 Å². The number of hydrogen-bond acceptors (Lipinski definition) is 2. The lowest BCUT2D eigenvalue weighted by Gasteiger charge is -2.23. The molecule has 1 aliphatic heterocycles. The highest BCUT2D eigenvalue weighted by atomic mass is 19.2. The fourth-order valence-corrected chi connectivity index (χ4v) is 2.57. The normalized spacial score (nSPS) is 15.8. The monoisotopic (exact) mass is 322 g/mol. The summed E-state index contributed by atoms with van der Waals surface area (Å²) in [5.74, 6) is -3.82. The summed E-state index contributed by atoms with van der Waals surface area (Å²) in [6.07, 6.45) is 2.32. The van der Waals surface area contributed by atoms with E-state index in [2.05, 4.69) is 0 Å². The van der Waals surface area contributed by atoms with Crippen molar-refractivity contribution < 1.29 is 22.6 Å². The van der Waals surface area contributed by atoms with Gasteiger partial charge in [0.05, 0.1) is 13.2 Å². The number of halogens is 3. The molecule has 23 heavy (non-hydrogen) atoms. The van der Waals surface area contributed by atoms with E-state index in [4.69, 9.17) is 9.47 Å². The van der Waals surface area contributed by atoms with E-state index in [0.717, 1.165) is 50.2 Å². The molecule has 3 rings (SSSR count). The predicted octanol–water partition coefficient (Wildman–Crippen LogP) is 4.47. The van der Waals surface area contributed by atoms with Gasteiger partial charge in [-0.15, -0.1) is 0 Å². The van der Waals surface area contributed by atoms with Crippen molar-refractivity contribution in [2.45, 2.75) is 25.6 Å². The van der Waals surface area contributed by atoms with Crippen LogP contribution in [0.5, 0.6) is 0 Å². The molecule has 2 aromatic carbocycles. The summed E-state index contributed by atoms with van der Waals surface area (Å²) in [6.45, 7) is 1.45. The average molecular weight is 322 g/mol. The summed E-state index contributed by atoms with van der Waals surface area (Å²) in [7, 11) is 0. The maximum atomic E-state index is 13.3. The Morgan fingerprint density at radius 2 is 1.48 bits per heavy atom. The molecule has 0 saturated carbocycles. The summed E-state index contributed by atoms with van der Waals surface area (Å²) in [4.78, 5) is 0. The Morgan fingerprint density at radius 3 is 2.09 bits per heavy atom. The Kier molecular flexibility index (Phi) is 4.98. The third-order valence-electron chi connectivity index (χ3n) is 3.84. The van der Waals surface area contributed by atoms with Crippen molar-refractivity contribution >= 4 is 0 Å². The van der Waals surface area contributed by atoms with Gasteiger partial charge in [-0.05, 0) is 41.7 Å². The molecule has 5 heteroatoms. The minimum atomic E-state index is -1.45. The summed E-state index contributed by atoms with van der Waals surface area (Å²) in [5, 5.41) is 0. The van der Waals surface area contributed by atoms with Gasteiger partial charge in [-0.25, -0.2) is 13.2 Å². The number of hydrogen-bond donors (Lipinski definition) is 0. The van der Waals surface area contributed by atoms with Gasteiger partial charge in [0, 0.05) is 6.42 Å². The second kappa shape index (κ2) is 7.15.